The molecule has 0 radical (unpaired) electrons. The number of hydrogen-bond donors (Lipinski definition) is 0. The van der Waals surface area contributed by atoms with Crippen molar-refractivity contribution < 1.29 is 17.9 Å². The lowest BCUT2D eigenvalue weighted by molar-refractivity contribution is -0.137. The predicted molar refractivity (Wildman–Crippen MR) is 59.1 cm³/mol. The van der Waals surface area contributed by atoms with Crippen LogP contribution in [0.15, 0.2) is 12.3 Å². The molecule has 1 heterocycles. The Morgan fingerprint density at radius 3 is 2.29 bits per heavy atom. The molecule has 0 aliphatic heterocycles. The molecule has 96 valence electrons. The van der Waals surface area contributed by atoms with E-state index in [1.54, 1.807) is 0 Å². The number of alkyl halides is 3. The highest BCUT2D eigenvalue weighted by Crippen LogP contribution is 2.35. The SMILES string of the molecule is CCC(CC)c1cc(C(F)(F)F)cnc1OC. The molecule has 0 aliphatic rings. The molecular formula is C12H16F3NO. The summed E-state index contributed by atoms with van der Waals surface area (Å²) in [4.78, 5) is 3.74. The second-order valence-corrected chi connectivity index (χ2v) is 3.83. The van der Waals surface area contributed by atoms with Crippen molar-refractivity contribution in [3.63, 3.8) is 0 Å². The van der Waals surface area contributed by atoms with Crippen LogP contribution in [0, 0.1) is 0 Å². The third-order valence-electron chi connectivity index (χ3n) is 2.82. The molecule has 5 heteroatoms. The fourth-order valence-electron chi connectivity index (χ4n) is 1.82. The number of rotatable bonds is 4. The molecule has 2 nitrogen and oxygen atoms in total. The molecule has 17 heavy (non-hydrogen) atoms. The molecule has 0 bridgehead atoms. The van der Waals surface area contributed by atoms with E-state index in [4.69, 9.17) is 4.74 Å². The minimum atomic E-state index is -4.36. The molecule has 0 spiro atoms. The van der Waals surface area contributed by atoms with Gasteiger partial charge in [0.15, 0.2) is 0 Å². The van der Waals surface area contributed by atoms with Gasteiger partial charge < -0.3 is 4.74 Å². The second kappa shape index (κ2) is 5.38. The molecule has 0 unspecified atom stereocenters. The standard InChI is InChI=1S/C12H16F3NO/c1-4-8(5-2)10-6-9(12(13,14)15)7-16-11(10)17-3/h6-8H,4-5H2,1-3H3. The van der Waals surface area contributed by atoms with Crippen LogP contribution >= 0.6 is 0 Å². The minimum absolute atomic E-state index is 0.0414. The summed E-state index contributed by atoms with van der Waals surface area (Å²) in [6, 6.07) is 1.14. The molecule has 0 aromatic carbocycles. The third-order valence-corrected chi connectivity index (χ3v) is 2.82. The first-order chi connectivity index (χ1) is 7.93. The first-order valence-electron chi connectivity index (χ1n) is 5.55. The third kappa shape index (κ3) is 3.11. The molecule has 0 saturated carbocycles. The monoisotopic (exact) mass is 247 g/mol. The molecule has 0 saturated heterocycles. The molecule has 0 amide bonds. The molecule has 1 aromatic heterocycles. The Hall–Kier alpha value is -1.26. The zero-order chi connectivity index (χ0) is 13.1. The van der Waals surface area contributed by atoms with Gasteiger partial charge in [0.1, 0.15) is 0 Å². The van der Waals surface area contributed by atoms with Crippen LogP contribution in [-0.2, 0) is 6.18 Å². The average Bonchev–Trinajstić information content (AvgIpc) is 2.29. The zero-order valence-corrected chi connectivity index (χ0v) is 10.1. The Morgan fingerprint density at radius 2 is 1.88 bits per heavy atom. The molecule has 0 fully saturated rings. The lowest BCUT2D eigenvalue weighted by Gasteiger charge is -2.17. The predicted octanol–water partition coefficient (Wildman–Crippen LogP) is 4.01. The van der Waals surface area contributed by atoms with E-state index in [1.807, 2.05) is 13.8 Å². The van der Waals surface area contributed by atoms with Gasteiger partial charge in [-0.25, -0.2) is 4.98 Å². The van der Waals surface area contributed by atoms with Crippen LogP contribution in [0.2, 0.25) is 0 Å². The topological polar surface area (TPSA) is 22.1 Å². The van der Waals surface area contributed by atoms with Crippen molar-refractivity contribution in [2.45, 2.75) is 38.8 Å². The van der Waals surface area contributed by atoms with Gasteiger partial charge >= 0.3 is 6.18 Å². The summed E-state index contributed by atoms with van der Waals surface area (Å²) in [5.41, 5.74) is -0.187. The summed E-state index contributed by atoms with van der Waals surface area (Å²) in [6.07, 6.45) is -2.03. The molecule has 1 rings (SSSR count). The highest BCUT2D eigenvalue weighted by atomic mass is 19.4. The first-order valence-corrected chi connectivity index (χ1v) is 5.55. The number of ether oxygens (including phenoxy) is 1. The summed E-state index contributed by atoms with van der Waals surface area (Å²) >= 11 is 0. The van der Waals surface area contributed by atoms with Crippen LogP contribution in [0.4, 0.5) is 13.2 Å². The molecule has 0 N–H and O–H groups in total. The molecule has 0 atom stereocenters. The van der Waals surface area contributed by atoms with E-state index in [9.17, 15) is 13.2 Å². The fourth-order valence-corrected chi connectivity index (χ4v) is 1.82. The van der Waals surface area contributed by atoms with Crippen LogP contribution in [-0.4, -0.2) is 12.1 Å². The van der Waals surface area contributed by atoms with Crippen molar-refractivity contribution in [3.8, 4) is 5.88 Å². The summed E-state index contributed by atoms with van der Waals surface area (Å²) in [6.45, 7) is 3.88. The Kier molecular flexibility index (Phi) is 4.37. The van der Waals surface area contributed by atoms with Crippen LogP contribution in [0.1, 0.15) is 43.7 Å². The number of aromatic nitrogens is 1. The molecular weight excluding hydrogens is 231 g/mol. The Bertz CT molecular complexity index is 373. The minimum Gasteiger partial charge on any atom is -0.481 e. The number of halogens is 3. The number of nitrogens with zero attached hydrogens (tertiary/aromatic N) is 1. The normalized spacial score (nSPS) is 11.9. The van der Waals surface area contributed by atoms with Gasteiger partial charge in [0.25, 0.3) is 0 Å². The Balaban J connectivity index is 3.24. The summed E-state index contributed by atoms with van der Waals surface area (Å²) in [7, 11) is 1.42. The van der Waals surface area contributed by atoms with E-state index in [1.165, 1.54) is 7.11 Å². The molecule has 1 aromatic rings. The Labute approximate surface area is 98.8 Å². The van der Waals surface area contributed by atoms with Gasteiger partial charge in [-0.3, -0.25) is 0 Å². The maximum Gasteiger partial charge on any atom is 0.417 e. The quantitative estimate of drug-likeness (QED) is 0.801. The zero-order valence-electron chi connectivity index (χ0n) is 10.1. The second-order valence-electron chi connectivity index (χ2n) is 3.83. The van der Waals surface area contributed by atoms with E-state index in [0.717, 1.165) is 25.1 Å². The number of methoxy groups -OCH3 is 1. The van der Waals surface area contributed by atoms with Gasteiger partial charge in [-0.2, -0.15) is 13.2 Å². The highest BCUT2D eigenvalue weighted by molar-refractivity contribution is 5.34. The molecule has 0 aliphatic carbocycles. The summed E-state index contributed by atoms with van der Waals surface area (Å²) in [5, 5.41) is 0. The lowest BCUT2D eigenvalue weighted by atomic mass is 9.94. The van der Waals surface area contributed by atoms with Crippen LogP contribution < -0.4 is 4.74 Å². The smallest absolute Gasteiger partial charge is 0.417 e. The maximum atomic E-state index is 12.6. The largest absolute Gasteiger partial charge is 0.481 e. The van der Waals surface area contributed by atoms with Gasteiger partial charge in [-0.05, 0) is 24.8 Å². The van der Waals surface area contributed by atoms with Crippen molar-refractivity contribution in [3.05, 3.63) is 23.4 Å². The van der Waals surface area contributed by atoms with Crippen molar-refractivity contribution in [1.29, 1.82) is 0 Å². The van der Waals surface area contributed by atoms with Crippen LogP contribution in [0.25, 0.3) is 0 Å². The first kappa shape index (κ1) is 13.8. The van der Waals surface area contributed by atoms with Gasteiger partial charge in [-0.15, -0.1) is 0 Å². The maximum absolute atomic E-state index is 12.6. The van der Waals surface area contributed by atoms with Crippen molar-refractivity contribution in [1.82, 2.24) is 4.98 Å². The van der Waals surface area contributed by atoms with E-state index in [0.29, 0.717) is 5.56 Å². The van der Waals surface area contributed by atoms with E-state index < -0.39 is 11.7 Å². The fraction of sp³-hybridized carbons (Fsp3) is 0.583. The van der Waals surface area contributed by atoms with Crippen molar-refractivity contribution >= 4 is 0 Å². The van der Waals surface area contributed by atoms with Crippen LogP contribution in [0.3, 0.4) is 0 Å². The summed E-state index contributed by atoms with van der Waals surface area (Å²) < 4.78 is 42.8. The Morgan fingerprint density at radius 1 is 1.29 bits per heavy atom. The van der Waals surface area contributed by atoms with E-state index in [-0.39, 0.29) is 11.8 Å². The van der Waals surface area contributed by atoms with Crippen molar-refractivity contribution in [2.75, 3.05) is 7.11 Å². The van der Waals surface area contributed by atoms with E-state index in [2.05, 4.69) is 4.98 Å². The van der Waals surface area contributed by atoms with Crippen molar-refractivity contribution in [2.24, 2.45) is 0 Å². The van der Waals surface area contributed by atoms with Gasteiger partial charge in [0, 0.05) is 11.8 Å². The van der Waals surface area contributed by atoms with Gasteiger partial charge in [-0.1, -0.05) is 13.8 Å². The highest BCUT2D eigenvalue weighted by Gasteiger charge is 2.32. The number of hydrogen-bond acceptors (Lipinski definition) is 2. The lowest BCUT2D eigenvalue weighted by Crippen LogP contribution is -2.09. The number of pyridine rings is 1. The van der Waals surface area contributed by atoms with Crippen LogP contribution in [0.5, 0.6) is 5.88 Å². The van der Waals surface area contributed by atoms with Gasteiger partial charge in [0.2, 0.25) is 5.88 Å². The van der Waals surface area contributed by atoms with E-state index >= 15 is 0 Å². The summed E-state index contributed by atoms with van der Waals surface area (Å²) in [5.74, 6) is 0.325. The average molecular weight is 247 g/mol. The van der Waals surface area contributed by atoms with Gasteiger partial charge in [0.05, 0.1) is 12.7 Å².